The lowest BCUT2D eigenvalue weighted by atomic mass is 9.81. The van der Waals surface area contributed by atoms with E-state index in [1.54, 1.807) is 34.2 Å². The average molecular weight is 378 g/mol. The molecule has 0 spiro atoms. The van der Waals surface area contributed by atoms with Crippen LogP contribution in [0.15, 0.2) is 30.3 Å². The Balaban J connectivity index is 1.40. The normalized spacial score (nSPS) is 21.7. The van der Waals surface area contributed by atoms with Gasteiger partial charge >= 0.3 is 11.9 Å². The van der Waals surface area contributed by atoms with Crippen LogP contribution in [0.5, 0.6) is 0 Å². The van der Waals surface area contributed by atoms with Gasteiger partial charge in [-0.1, -0.05) is 18.2 Å². The maximum Gasteiger partial charge on any atom is 0.357 e. The van der Waals surface area contributed by atoms with Crippen molar-refractivity contribution in [2.75, 3.05) is 32.7 Å². The molecule has 0 amide bonds. The van der Waals surface area contributed by atoms with Gasteiger partial charge in [0.15, 0.2) is 0 Å². The molecule has 27 heavy (non-hydrogen) atoms. The first kappa shape index (κ1) is 19.8. The molecule has 0 aliphatic carbocycles. The minimum absolute atomic E-state index is 0.0126. The fourth-order valence-electron chi connectivity index (χ4n) is 3.97. The zero-order valence-corrected chi connectivity index (χ0v) is 15.5. The molecule has 0 saturated carbocycles. The summed E-state index contributed by atoms with van der Waals surface area (Å²) in [5.74, 6) is -0.951. The average Bonchev–Trinajstić information content (AvgIpc) is 2.66. The van der Waals surface area contributed by atoms with Crippen LogP contribution in [-0.4, -0.2) is 65.4 Å². The summed E-state index contributed by atoms with van der Waals surface area (Å²) >= 11 is 0. The van der Waals surface area contributed by atoms with Crippen LogP contribution in [0, 0.1) is 5.92 Å². The number of benzene rings is 1. The van der Waals surface area contributed by atoms with Crippen molar-refractivity contribution in [3.05, 3.63) is 35.9 Å². The van der Waals surface area contributed by atoms with Gasteiger partial charge in [-0.05, 0) is 50.2 Å². The van der Waals surface area contributed by atoms with Gasteiger partial charge in [0, 0.05) is 26.2 Å². The number of aliphatic carboxylic acids is 1. The van der Waals surface area contributed by atoms with E-state index in [9.17, 15) is 9.59 Å². The Bertz CT molecular complexity index is 639. The fraction of sp³-hybridized carbons (Fsp3) is 0.600. The number of carbonyl (C=O) groups is 2. The Morgan fingerprint density at radius 1 is 1.11 bits per heavy atom. The molecular weight excluding hydrogens is 351 g/mol. The van der Waals surface area contributed by atoms with E-state index in [1.165, 1.54) is 0 Å². The first-order valence-electron chi connectivity index (χ1n) is 9.59. The van der Waals surface area contributed by atoms with Crippen LogP contribution in [0.25, 0.3) is 0 Å². The summed E-state index contributed by atoms with van der Waals surface area (Å²) in [6.45, 7) is 2.21. The Kier molecular flexibility index (Phi) is 6.44. The highest BCUT2D eigenvalue weighted by atomic mass is 19.1. The van der Waals surface area contributed by atoms with E-state index < -0.39 is 11.6 Å². The van der Waals surface area contributed by atoms with Gasteiger partial charge < -0.3 is 9.94 Å². The van der Waals surface area contributed by atoms with Crippen molar-refractivity contribution in [3.8, 4) is 0 Å². The molecule has 1 N–H and O–H groups in total. The van der Waals surface area contributed by atoms with Crippen LogP contribution in [0.3, 0.4) is 0 Å². The lowest BCUT2D eigenvalue weighted by Gasteiger charge is -2.39. The summed E-state index contributed by atoms with van der Waals surface area (Å²) in [4.78, 5) is 30.1. The van der Waals surface area contributed by atoms with E-state index in [0.717, 1.165) is 12.8 Å². The lowest BCUT2D eigenvalue weighted by Crippen LogP contribution is -2.45. The zero-order valence-electron chi connectivity index (χ0n) is 15.5. The van der Waals surface area contributed by atoms with Crippen LogP contribution >= 0.6 is 0 Å². The van der Waals surface area contributed by atoms with Gasteiger partial charge in [0.2, 0.25) is 0 Å². The molecule has 7 heteroatoms. The molecule has 0 atom stereocenters. The molecule has 2 aliphatic rings. The molecule has 1 aromatic carbocycles. The molecule has 3 rings (SSSR count). The lowest BCUT2D eigenvalue weighted by molar-refractivity contribution is -0.139. The molecule has 1 aromatic rings. The van der Waals surface area contributed by atoms with E-state index in [4.69, 9.17) is 9.94 Å². The summed E-state index contributed by atoms with van der Waals surface area (Å²) in [6.07, 6.45) is 2.89. The fourth-order valence-corrected chi connectivity index (χ4v) is 3.97. The molecule has 2 heterocycles. The number of alkyl halides is 1. The molecule has 0 unspecified atom stereocenters. The predicted molar refractivity (Wildman–Crippen MR) is 97.9 cm³/mol. The molecule has 0 radical (unpaired) electrons. The summed E-state index contributed by atoms with van der Waals surface area (Å²) in [5.41, 5.74) is -0.682. The van der Waals surface area contributed by atoms with Gasteiger partial charge in [0.25, 0.3) is 0 Å². The van der Waals surface area contributed by atoms with Crippen molar-refractivity contribution in [1.82, 2.24) is 9.96 Å². The van der Waals surface area contributed by atoms with Crippen molar-refractivity contribution < 1.29 is 23.9 Å². The highest BCUT2D eigenvalue weighted by molar-refractivity contribution is 5.89. The smallest absolute Gasteiger partial charge is 0.357 e. The molecule has 2 fully saturated rings. The minimum Gasteiger partial charge on any atom is -0.480 e. The first-order chi connectivity index (χ1) is 12.9. The largest absolute Gasteiger partial charge is 0.480 e. The molecule has 6 nitrogen and oxygen atoms in total. The van der Waals surface area contributed by atoms with Gasteiger partial charge in [0.05, 0.1) is 12.1 Å². The molecular formula is C20H27FN2O4. The van der Waals surface area contributed by atoms with E-state index in [-0.39, 0.29) is 18.4 Å². The number of hydroxylamine groups is 2. The third-order valence-corrected chi connectivity index (χ3v) is 5.56. The second-order valence-corrected chi connectivity index (χ2v) is 7.64. The standard InChI is InChI=1S/C20H27FN2O4/c21-20(8-12-22(13-9-20)15-18(24)25)14-16-6-10-23(11-7-16)27-19(26)17-4-2-1-3-5-17/h1-5,16H,6-15H2,(H,24,25). The minimum atomic E-state index is -1.21. The second-order valence-electron chi connectivity index (χ2n) is 7.64. The Morgan fingerprint density at radius 2 is 1.74 bits per heavy atom. The topological polar surface area (TPSA) is 70.1 Å². The first-order valence-corrected chi connectivity index (χ1v) is 9.59. The second kappa shape index (κ2) is 8.80. The van der Waals surface area contributed by atoms with Crippen LogP contribution in [0.2, 0.25) is 0 Å². The van der Waals surface area contributed by atoms with Crippen molar-refractivity contribution in [2.24, 2.45) is 5.92 Å². The van der Waals surface area contributed by atoms with E-state index in [2.05, 4.69) is 0 Å². The van der Waals surface area contributed by atoms with E-state index in [0.29, 0.717) is 51.0 Å². The number of carboxylic acids is 1. The Labute approximate surface area is 158 Å². The van der Waals surface area contributed by atoms with Crippen LogP contribution < -0.4 is 0 Å². The predicted octanol–water partition coefficient (Wildman–Crippen LogP) is 2.75. The molecule has 2 aliphatic heterocycles. The molecule has 0 bridgehead atoms. The number of nitrogens with zero attached hydrogens (tertiary/aromatic N) is 2. The number of piperidine rings is 2. The SMILES string of the molecule is O=C(O)CN1CCC(F)(CC2CCN(OC(=O)c3ccccc3)CC2)CC1. The van der Waals surface area contributed by atoms with Gasteiger partial charge in [-0.3, -0.25) is 9.69 Å². The van der Waals surface area contributed by atoms with E-state index >= 15 is 4.39 Å². The monoisotopic (exact) mass is 378 g/mol. The number of hydrogen-bond donors (Lipinski definition) is 1. The number of hydrogen-bond acceptors (Lipinski definition) is 5. The number of halogens is 1. The molecule has 0 aromatic heterocycles. The molecule has 148 valence electrons. The summed E-state index contributed by atoms with van der Waals surface area (Å²) < 4.78 is 15.1. The van der Waals surface area contributed by atoms with Crippen molar-refractivity contribution in [2.45, 2.75) is 37.8 Å². The summed E-state index contributed by atoms with van der Waals surface area (Å²) in [6, 6.07) is 8.88. The number of rotatable bonds is 6. The van der Waals surface area contributed by atoms with Crippen LogP contribution in [-0.2, 0) is 9.63 Å². The third-order valence-electron chi connectivity index (χ3n) is 5.56. The van der Waals surface area contributed by atoms with Crippen LogP contribution in [0.4, 0.5) is 4.39 Å². The van der Waals surface area contributed by atoms with Gasteiger partial charge in [-0.15, -0.1) is 5.06 Å². The van der Waals surface area contributed by atoms with Gasteiger partial charge in [-0.25, -0.2) is 9.18 Å². The Hall–Kier alpha value is -1.99. The van der Waals surface area contributed by atoms with Gasteiger partial charge in [0.1, 0.15) is 5.67 Å². The van der Waals surface area contributed by atoms with Crippen molar-refractivity contribution in [1.29, 1.82) is 0 Å². The number of carboxylic acid groups (broad SMARTS) is 1. The van der Waals surface area contributed by atoms with Crippen molar-refractivity contribution in [3.63, 3.8) is 0 Å². The summed E-state index contributed by atoms with van der Waals surface area (Å²) in [7, 11) is 0. The van der Waals surface area contributed by atoms with E-state index in [1.807, 2.05) is 6.07 Å². The highest BCUT2D eigenvalue weighted by Crippen LogP contribution is 2.36. The van der Waals surface area contributed by atoms with Gasteiger partial charge in [-0.2, -0.15) is 0 Å². The third kappa shape index (κ3) is 5.74. The zero-order chi connectivity index (χ0) is 19.3. The summed E-state index contributed by atoms with van der Waals surface area (Å²) in [5, 5.41) is 10.5. The maximum atomic E-state index is 15.1. The maximum absolute atomic E-state index is 15.1. The number of likely N-dealkylation sites (tertiary alicyclic amines) is 1. The molecule has 2 saturated heterocycles. The van der Waals surface area contributed by atoms with Crippen LogP contribution in [0.1, 0.15) is 42.5 Å². The Morgan fingerprint density at radius 3 is 2.33 bits per heavy atom. The quantitative estimate of drug-likeness (QED) is 0.821. The number of carbonyl (C=O) groups excluding carboxylic acids is 1. The van der Waals surface area contributed by atoms with Crippen molar-refractivity contribution >= 4 is 11.9 Å². The highest BCUT2D eigenvalue weighted by Gasteiger charge is 2.38.